The number of fused-ring (bicyclic) bond motifs is 6. The van der Waals surface area contributed by atoms with Crippen LogP contribution in [0.5, 0.6) is 0 Å². The average molecular weight is 805 g/mol. The topological polar surface area (TPSA) is 57.4 Å². The number of hydrogen-bond acceptors (Lipinski definition) is 2. The zero-order chi connectivity index (χ0) is 42.8. The molecular formula is C59H40N4. The van der Waals surface area contributed by atoms with E-state index in [0.717, 1.165) is 77.6 Å². The van der Waals surface area contributed by atoms with Crippen LogP contribution < -0.4 is 0 Å². The van der Waals surface area contributed by atoms with Crippen LogP contribution in [0.25, 0.3) is 99.5 Å². The second-order valence-electron chi connectivity index (χ2n) is 16.6. The Morgan fingerprint density at radius 2 is 0.794 bits per heavy atom. The number of benzene rings is 9. The standard InChI is InChI=1S/C59H40N4/c1-37-12-18-42(19-13-37)44-22-27-56-51(32-44)48-8-4-6-10-54(48)62(56)57-29-24-46(47-25-16-40(35-60)30-39(47)3)34-53(57)50-26-17-41(36-61)31-59(50)63-55-11-7-5-9-49(55)52-33-45(23-28-58(52)63)43-20-14-38(2)15-21-43/h4-34H,1-3H3. The second kappa shape index (κ2) is 14.9. The number of nitrogens with zero attached hydrogens (tertiary/aromatic N) is 4. The molecule has 296 valence electrons. The molecule has 2 heterocycles. The maximum absolute atomic E-state index is 10.5. The van der Waals surface area contributed by atoms with Gasteiger partial charge in [-0.2, -0.15) is 10.5 Å². The van der Waals surface area contributed by atoms with Gasteiger partial charge in [0.2, 0.25) is 0 Å². The molecule has 0 radical (unpaired) electrons. The Morgan fingerprint density at radius 1 is 0.333 bits per heavy atom. The summed E-state index contributed by atoms with van der Waals surface area (Å²) >= 11 is 0. The third-order valence-corrected chi connectivity index (χ3v) is 12.7. The van der Waals surface area contributed by atoms with Crippen molar-refractivity contribution in [2.24, 2.45) is 0 Å². The van der Waals surface area contributed by atoms with E-state index in [2.05, 4.69) is 206 Å². The van der Waals surface area contributed by atoms with Crippen molar-refractivity contribution >= 4 is 43.6 Å². The van der Waals surface area contributed by atoms with Crippen molar-refractivity contribution in [1.82, 2.24) is 9.13 Å². The Bertz CT molecular complexity index is 3720. The Kier molecular flexibility index (Phi) is 8.90. The van der Waals surface area contributed by atoms with E-state index in [0.29, 0.717) is 11.1 Å². The Morgan fingerprint density at radius 3 is 1.33 bits per heavy atom. The van der Waals surface area contributed by atoms with Gasteiger partial charge >= 0.3 is 0 Å². The maximum Gasteiger partial charge on any atom is 0.0992 e. The first-order valence-electron chi connectivity index (χ1n) is 21.3. The summed E-state index contributed by atoms with van der Waals surface area (Å²) in [6.07, 6.45) is 0. The van der Waals surface area contributed by atoms with Crippen LogP contribution in [0, 0.1) is 43.4 Å². The van der Waals surface area contributed by atoms with E-state index in [1.54, 1.807) is 0 Å². The smallest absolute Gasteiger partial charge is 0.0992 e. The average Bonchev–Trinajstić information content (AvgIpc) is 3.83. The summed E-state index contributed by atoms with van der Waals surface area (Å²) in [4.78, 5) is 0. The molecule has 2 aromatic heterocycles. The number of rotatable bonds is 6. The van der Waals surface area contributed by atoms with Crippen molar-refractivity contribution in [3.8, 4) is 68.0 Å². The van der Waals surface area contributed by atoms with Gasteiger partial charge in [-0.1, -0.05) is 126 Å². The van der Waals surface area contributed by atoms with Crippen molar-refractivity contribution < 1.29 is 0 Å². The molecule has 0 aliphatic rings. The van der Waals surface area contributed by atoms with Gasteiger partial charge in [-0.3, -0.25) is 0 Å². The van der Waals surface area contributed by atoms with E-state index in [4.69, 9.17) is 0 Å². The van der Waals surface area contributed by atoms with Crippen molar-refractivity contribution in [1.29, 1.82) is 10.5 Å². The Hall–Kier alpha value is -8.44. The summed E-state index contributed by atoms with van der Waals surface area (Å²) in [7, 11) is 0. The highest BCUT2D eigenvalue weighted by atomic mass is 15.0. The molecule has 11 rings (SSSR count). The fourth-order valence-corrected chi connectivity index (χ4v) is 9.50. The highest BCUT2D eigenvalue weighted by Crippen LogP contribution is 2.44. The minimum atomic E-state index is 0.581. The van der Waals surface area contributed by atoms with Crippen molar-refractivity contribution in [3.05, 3.63) is 216 Å². The first kappa shape index (κ1) is 37.6. The summed E-state index contributed by atoms with van der Waals surface area (Å²) in [5.74, 6) is 0. The van der Waals surface area contributed by atoms with Gasteiger partial charge < -0.3 is 9.13 Å². The second-order valence-corrected chi connectivity index (χ2v) is 16.6. The zero-order valence-corrected chi connectivity index (χ0v) is 35.2. The zero-order valence-electron chi connectivity index (χ0n) is 35.2. The molecule has 0 saturated heterocycles. The van der Waals surface area contributed by atoms with E-state index < -0.39 is 0 Å². The number of hydrogen-bond donors (Lipinski definition) is 0. The molecule has 0 atom stereocenters. The van der Waals surface area contributed by atoms with Gasteiger partial charge in [0.15, 0.2) is 0 Å². The quantitative estimate of drug-likeness (QED) is 0.168. The number of aryl methyl sites for hydroxylation is 3. The molecule has 0 unspecified atom stereocenters. The fraction of sp³-hybridized carbons (Fsp3) is 0.0508. The van der Waals surface area contributed by atoms with E-state index in [1.165, 1.54) is 38.6 Å². The van der Waals surface area contributed by atoms with Crippen LogP contribution in [-0.2, 0) is 0 Å². The first-order chi connectivity index (χ1) is 30.9. The molecule has 0 saturated carbocycles. The van der Waals surface area contributed by atoms with Crippen LogP contribution in [0.2, 0.25) is 0 Å². The Labute approximate surface area is 366 Å². The largest absolute Gasteiger partial charge is 0.309 e. The molecule has 0 N–H and O–H groups in total. The van der Waals surface area contributed by atoms with Gasteiger partial charge in [-0.25, -0.2) is 0 Å². The van der Waals surface area contributed by atoms with E-state index in [-0.39, 0.29) is 0 Å². The molecule has 0 fully saturated rings. The van der Waals surface area contributed by atoms with Crippen LogP contribution in [0.15, 0.2) is 188 Å². The lowest BCUT2D eigenvalue weighted by Gasteiger charge is -2.20. The van der Waals surface area contributed by atoms with E-state index >= 15 is 0 Å². The molecule has 9 aromatic carbocycles. The van der Waals surface area contributed by atoms with Crippen molar-refractivity contribution in [2.75, 3.05) is 0 Å². The molecule has 0 aliphatic heterocycles. The molecule has 0 aliphatic carbocycles. The van der Waals surface area contributed by atoms with E-state index in [1.807, 2.05) is 24.3 Å². The minimum absolute atomic E-state index is 0.581. The predicted molar refractivity (Wildman–Crippen MR) is 261 cm³/mol. The van der Waals surface area contributed by atoms with Crippen LogP contribution in [0.1, 0.15) is 27.8 Å². The lowest BCUT2D eigenvalue weighted by molar-refractivity contribution is 1.16. The lowest BCUT2D eigenvalue weighted by Crippen LogP contribution is -2.03. The normalized spacial score (nSPS) is 11.4. The van der Waals surface area contributed by atoms with Crippen LogP contribution >= 0.6 is 0 Å². The predicted octanol–water partition coefficient (Wildman–Crippen LogP) is 15.2. The minimum Gasteiger partial charge on any atom is -0.309 e. The van der Waals surface area contributed by atoms with Crippen molar-refractivity contribution in [2.45, 2.75) is 20.8 Å². The third-order valence-electron chi connectivity index (χ3n) is 12.7. The Balaban J connectivity index is 1.21. The molecule has 0 amide bonds. The number of aromatic nitrogens is 2. The summed E-state index contributed by atoms with van der Waals surface area (Å²) in [5, 5.41) is 24.8. The van der Waals surface area contributed by atoms with Crippen LogP contribution in [0.4, 0.5) is 0 Å². The van der Waals surface area contributed by atoms with Crippen molar-refractivity contribution in [3.63, 3.8) is 0 Å². The lowest BCUT2D eigenvalue weighted by atomic mass is 9.92. The van der Waals surface area contributed by atoms with Gasteiger partial charge in [0.05, 0.1) is 56.7 Å². The molecule has 4 nitrogen and oxygen atoms in total. The van der Waals surface area contributed by atoms with E-state index in [9.17, 15) is 10.5 Å². The number of para-hydroxylation sites is 2. The third kappa shape index (κ3) is 6.28. The molecular weight excluding hydrogens is 765 g/mol. The fourth-order valence-electron chi connectivity index (χ4n) is 9.50. The molecule has 0 bridgehead atoms. The highest BCUT2D eigenvalue weighted by molar-refractivity contribution is 6.13. The van der Waals surface area contributed by atoms with Crippen LogP contribution in [-0.4, -0.2) is 9.13 Å². The van der Waals surface area contributed by atoms with Gasteiger partial charge in [0, 0.05) is 32.7 Å². The monoisotopic (exact) mass is 804 g/mol. The summed E-state index contributed by atoms with van der Waals surface area (Å²) < 4.78 is 4.74. The van der Waals surface area contributed by atoms with Crippen LogP contribution in [0.3, 0.4) is 0 Å². The first-order valence-corrected chi connectivity index (χ1v) is 21.3. The summed E-state index contributed by atoms with van der Waals surface area (Å²) in [6, 6.07) is 71.7. The molecule has 11 aromatic rings. The van der Waals surface area contributed by atoms with Gasteiger partial charge in [-0.05, 0) is 133 Å². The molecule has 4 heteroatoms. The summed E-state index contributed by atoms with van der Waals surface area (Å²) in [6.45, 7) is 6.30. The van der Waals surface area contributed by atoms with Gasteiger partial charge in [-0.15, -0.1) is 0 Å². The SMILES string of the molecule is Cc1ccc(-c2ccc3c(c2)c2ccccc2n3-c2ccc(-c3ccc(C#N)cc3C)cc2-c2ccc(C#N)cc2-n2c3ccccc3c3cc(-c4ccc(C)cc4)ccc32)cc1. The van der Waals surface area contributed by atoms with Gasteiger partial charge in [0.25, 0.3) is 0 Å². The number of nitriles is 2. The summed E-state index contributed by atoms with van der Waals surface area (Å²) in [5.41, 5.74) is 19.8. The molecule has 0 spiro atoms. The maximum atomic E-state index is 10.5. The van der Waals surface area contributed by atoms with Gasteiger partial charge in [0.1, 0.15) is 0 Å². The highest BCUT2D eigenvalue weighted by Gasteiger charge is 2.22. The molecule has 63 heavy (non-hydrogen) atoms.